The minimum absolute atomic E-state index is 0.229. The van der Waals surface area contributed by atoms with E-state index in [1.165, 1.54) is 16.8 Å². The molecule has 3 heterocycles. The van der Waals surface area contributed by atoms with E-state index in [-0.39, 0.29) is 12.6 Å². The average molecular weight is 311 g/mol. The third kappa shape index (κ3) is 2.74. The SMILES string of the molecule is O=c1ccn([C@@H]2O[C@H](CO)[C@@H](N3CCCCC3)[C@@H]2O)c(=O)[nH]1. The van der Waals surface area contributed by atoms with E-state index in [4.69, 9.17) is 4.74 Å². The van der Waals surface area contributed by atoms with Crippen molar-refractivity contribution in [2.24, 2.45) is 0 Å². The summed E-state index contributed by atoms with van der Waals surface area (Å²) in [6.45, 7) is 1.45. The van der Waals surface area contributed by atoms with Gasteiger partial charge in [0.15, 0.2) is 6.23 Å². The molecule has 0 unspecified atom stereocenters. The molecule has 0 radical (unpaired) electrons. The first kappa shape index (κ1) is 15.4. The molecular weight excluding hydrogens is 290 g/mol. The molecule has 3 rings (SSSR count). The summed E-state index contributed by atoms with van der Waals surface area (Å²) in [4.78, 5) is 27.3. The van der Waals surface area contributed by atoms with E-state index in [2.05, 4.69) is 9.88 Å². The topological polar surface area (TPSA) is 108 Å². The molecule has 8 heteroatoms. The second kappa shape index (κ2) is 6.33. The molecule has 2 aliphatic heterocycles. The van der Waals surface area contributed by atoms with Gasteiger partial charge in [0.25, 0.3) is 5.56 Å². The van der Waals surface area contributed by atoms with Gasteiger partial charge in [-0.2, -0.15) is 0 Å². The van der Waals surface area contributed by atoms with Gasteiger partial charge in [-0.1, -0.05) is 6.42 Å². The highest BCUT2D eigenvalue weighted by Crippen LogP contribution is 2.32. The van der Waals surface area contributed by atoms with Gasteiger partial charge in [-0.25, -0.2) is 4.79 Å². The Labute approximate surface area is 127 Å². The molecule has 122 valence electrons. The lowest BCUT2D eigenvalue weighted by Crippen LogP contribution is -2.50. The van der Waals surface area contributed by atoms with Crippen LogP contribution in [0.2, 0.25) is 0 Å². The number of ether oxygens (including phenoxy) is 1. The van der Waals surface area contributed by atoms with Crippen LogP contribution in [0.3, 0.4) is 0 Å². The van der Waals surface area contributed by atoms with Gasteiger partial charge in [0.2, 0.25) is 0 Å². The Morgan fingerprint density at radius 2 is 2.00 bits per heavy atom. The van der Waals surface area contributed by atoms with Crippen molar-refractivity contribution in [1.29, 1.82) is 0 Å². The molecule has 22 heavy (non-hydrogen) atoms. The first-order chi connectivity index (χ1) is 10.6. The summed E-state index contributed by atoms with van der Waals surface area (Å²) in [5, 5.41) is 20.2. The number of piperidine rings is 1. The minimum atomic E-state index is -0.946. The van der Waals surface area contributed by atoms with Crippen molar-refractivity contribution in [3.8, 4) is 0 Å². The van der Waals surface area contributed by atoms with Gasteiger partial charge in [-0.05, 0) is 25.9 Å². The summed E-state index contributed by atoms with van der Waals surface area (Å²) in [5.74, 6) is 0. The van der Waals surface area contributed by atoms with E-state index in [0.29, 0.717) is 0 Å². The predicted molar refractivity (Wildman–Crippen MR) is 77.5 cm³/mol. The lowest BCUT2D eigenvalue weighted by molar-refractivity contribution is -0.0542. The first-order valence-corrected chi connectivity index (χ1v) is 7.61. The lowest BCUT2D eigenvalue weighted by atomic mass is 10.0. The van der Waals surface area contributed by atoms with E-state index in [9.17, 15) is 19.8 Å². The molecule has 2 saturated heterocycles. The maximum absolute atomic E-state index is 11.9. The molecule has 2 aliphatic rings. The van der Waals surface area contributed by atoms with Crippen LogP contribution < -0.4 is 11.2 Å². The maximum Gasteiger partial charge on any atom is 0.330 e. The Kier molecular flexibility index (Phi) is 4.44. The van der Waals surface area contributed by atoms with Gasteiger partial charge in [-0.15, -0.1) is 0 Å². The van der Waals surface area contributed by atoms with Crippen LogP contribution in [-0.4, -0.2) is 62.6 Å². The van der Waals surface area contributed by atoms with Crippen molar-refractivity contribution in [3.05, 3.63) is 33.1 Å². The standard InChI is InChI=1S/C14H21N3O5/c18-8-9-11(16-5-2-1-3-6-16)12(20)13(22-9)17-7-4-10(19)15-14(17)21/h4,7,9,11-13,18,20H,1-3,5-6,8H2,(H,15,19,21)/t9-,11-,12+,13-/m1/s1. The van der Waals surface area contributed by atoms with Gasteiger partial charge in [0.1, 0.15) is 12.2 Å². The summed E-state index contributed by atoms with van der Waals surface area (Å²) in [5.41, 5.74) is -1.13. The second-order valence-electron chi connectivity index (χ2n) is 5.84. The van der Waals surface area contributed by atoms with Gasteiger partial charge in [0, 0.05) is 12.3 Å². The van der Waals surface area contributed by atoms with Crippen LogP contribution in [0.15, 0.2) is 21.9 Å². The molecule has 0 spiro atoms. The molecule has 0 bridgehead atoms. The summed E-state index contributed by atoms with van der Waals surface area (Å²) in [6, 6.07) is 0.855. The van der Waals surface area contributed by atoms with E-state index >= 15 is 0 Å². The molecule has 0 aromatic carbocycles. The number of hydrogen-bond acceptors (Lipinski definition) is 6. The monoisotopic (exact) mass is 311 g/mol. The largest absolute Gasteiger partial charge is 0.394 e. The molecule has 8 nitrogen and oxygen atoms in total. The lowest BCUT2D eigenvalue weighted by Gasteiger charge is -2.35. The summed E-state index contributed by atoms with van der Waals surface area (Å²) in [7, 11) is 0. The van der Waals surface area contributed by atoms with Gasteiger partial charge in [-0.3, -0.25) is 19.2 Å². The average Bonchev–Trinajstić information content (AvgIpc) is 2.85. The molecule has 4 atom stereocenters. The molecule has 2 fully saturated rings. The van der Waals surface area contributed by atoms with Crippen LogP contribution in [0.25, 0.3) is 0 Å². The Hall–Kier alpha value is -1.48. The quantitative estimate of drug-likeness (QED) is 0.636. The Morgan fingerprint density at radius 3 is 2.64 bits per heavy atom. The summed E-state index contributed by atoms with van der Waals surface area (Å²) in [6.07, 6.45) is 2.15. The molecule has 3 N–H and O–H groups in total. The third-order valence-electron chi connectivity index (χ3n) is 4.45. The fourth-order valence-electron chi connectivity index (χ4n) is 3.41. The number of rotatable bonds is 3. The normalized spacial score (nSPS) is 33.2. The van der Waals surface area contributed by atoms with Crippen molar-refractivity contribution in [2.75, 3.05) is 19.7 Å². The molecule has 0 aliphatic carbocycles. The van der Waals surface area contributed by atoms with Gasteiger partial charge in [0.05, 0.1) is 12.6 Å². The number of aromatic amines is 1. The Bertz CT molecular complexity index is 621. The number of aromatic nitrogens is 2. The van der Waals surface area contributed by atoms with Crippen LogP contribution in [0.1, 0.15) is 25.5 Å². The van der Waals surface area contributed by atoms with Crippen molar-refractivity contribution < 1.29 is 14.9 Å². The maximum atomic E-state index is 11.9. The van der Waals surface area contributed by atoms with Crippen molar-refractivity contribution in [1.82, 2.24) is 14.5 Å². The van der Waals surface area contributed by atoms with Gasteiger partial charge < -0.3 is 14.9 Å². The van der Waals surface area contributed by atoms with Crippen LogP contribution in [0.4, 0.5) is 0 Å². The first-order valence-electron chi connectivity index (χ1n) is 7.61. The number of nitrogens with one attached hydrogen (secondary N) is 1. The highest BCUT2D eigenvalue weighted by molar-refractivity contribution is 4.98. The van der Waals surface area contributed by atoms with Crippen LogP contribution >= 0.6 is 0 Å². The van der Waals surface area contributed by atoms with Crippen LogP contribution in [0.5, 0.6) is 0 Å². The van der Waals surface area contributed by atoms with E-state index in [0.717, 1.165) is 32.4 Å². The number of aliphatic hydroxyl groups is 2. The fourth-order valence-corrected chi connectivity index (χ4v) is 3.41. The molecule has 0 amide bonds. The highest BCUT2D eigenvalue weighted by Gasteiger charge is 2.47. The molecule has 0 saturated carbocycles. The molecular formula is C14H21N3O5. The molecule has 1 aromatic rings. The van der Waals surface area contributed by atoms with Crippen molar-refractivity contribution >= 4 is 0 Å². The zero-order valence-corrected chi connectivity index (χ0v) is 12.2. The Morgan fingerprint density at radius 1 is 1.27 bits per heavy atom. The summed E-state index contributed by atoms with van der Waals surface area (Å²) < 4.78 is 6.86. The fraction of sp³-hybridized carbons (Fsp3) is 0.714. The van der Waals surface area contributed by atoms with E-state index < -0.39 is 29.7 Å². The summed E-state index contributed by atoms with van der Waals surface area (Å²) >= 11 is 0. The van der Waals surface area contributed by atoms with Crippen LogP contribution in [-0.2, 0) is 4.74 Å². The van der Waals surface area contributed by atoms with Crippen LogP contribution in [0, 0.1) is 0 Å². The zero-order chi connectivity index (χ0) is 15.7. The number of aliphatic hydroxyl groups excluding tert-OH is 2. The zero-order valence-electron chi connectivity index (χ0n) is 12.2. The van der Waals surface area contributed by atoms with E-state index in [1.54, 1.807) is 0 Å². The number of nitrogens with zero attached hydrogens (tertiary/aromatic N) is 2. The van der Waals surface area contributed by atoms with Crippen molar-refractivity contribution in [3.63, 3.8) is 0 Å². The molecule has 1 aromatic heterocycles. The smallest absolute Gasteiger partial charge is 0.330 e. The van der Waals surface area contributed by atoms with Crippen molar-refractivity contribution in [2.45, 2.75) is 43.7 Å². The number of likely N-dealkylation sites (tertiary alicyclic amines) is 1. The third-order valence-corrected chi connectivity index (χ3v) is 4.45. The highest BCUT2D eigenvalue weighted by atomic mass is 16.5. The minimum Gasteiger partial charge on any atom is -0.394 e. The predicted octanol–water partition coefficient (Wildman–Crippen LogP) is -1.36. The second-order valence-corrected chi connectivity index (χ2v) is 5.84. The number of hydrogen-bond donors (Lipinski definition) is 3. The van der Waals surface area contributed by atoms with E-state index in [1.807, 2.05) is 0 Å². The van der Waals surface area contributed by atoms with Gasteiger partial charge >= 0.3 is 5.69 Å². The number of H-pyrrole nitrogens is 1. The Balaban J connectivity index is 1.88.